The van der Waals surface area contributed by atoms with Gasteiger partial charge >= 0.3 is 0 Å². The van der Waals surface area contributed by atoms with E-state index in [1.54, 1.807) is 30.3 Å². The molecule has 0 saturated heterocycles. The molecule has 8 heteroatoms. The average molecular weight is 435 g/mol. The second-order valence-electron chi connectivity index (χ2n) is 7.49. The maximum absolute atomic E-state index is 12.7. The van der Waals surface area contributed by atoms with Gasteiger partial charge in [0, 0.05) is 28.9 Å². The Morgan fingerprint density at radius 1 is 1.07 bits per heavy atom. The number of carbonyl (C=O) groups excluding carboxylic acids is 1. The standard InChI is InChI=1S/C21H23ClN2O4S/c22-16-5-4-8-19(12-16)29(26,27)23-17-9-10-20-15(11-17)13-24(21(25)14-28-20)18-6-2-1-3-7-18/h4-5,8-12,18,23H,1-3,6-7,13-14H2. The Morgan fingerprint density at radius 3 is 2.62 bits per heavy atom. The highest BCUT2D eigenvalue weighted by Crippen LogP contribution is 2.31. The Balaban J connectivity index is 1.58. The van der Waals surface area contributed by atoms with Crippen LogP contribution in [0.15, 0.2) is 47.4 Å². The van der Waals surface area contributed by atoms with Gasteiger partial charge in [-0.25, -0.2) is 8.42 Å². The molecular formula is C21H23ClN2O4S. The van der Waals surface area contributed by atoms with Gasteiger partial charge in [-0.3, -0.25) is 9.52 Å². The first kappa shape index (κ1) is 20.0. The number of nitrogens with one attached hydrogen (secondary N) is 1. The molecule has 0 aromatic heterocycles. The summed E-state index contributed by atoms with van der Waals surface area (Å²) in [5, 5.41) is 0.352. The zero-order chi connectivity index (χ0) is 20.4. The largest absolute Gasteiger partial charge is 0.483 e. The highest BCUT2D eigenvalue weighted by molar-refractivity contribution is 7.92. The Bertz CT molecular complexity index is 1020. The van der Waals surface area contributed by atoms with E-state index in [1.807, 2.05) is 4.90 Å². The molecule has 1 fully saturated rings. The monoisotopic (exact) mass is 434 g/mol. The van der Waals surface area contributed by atoms with Crippen molar-refractivity contribution in [3.63, 3.8) is 0 Å². The van der Waals surface area contributed by atoms with Gasteiger partial charge in [0.25, 0.3) is 15.9 Å². The number of halogens is 1. The molecule has 1 aliphatic carbocycles. The van der Waals surface area contributed by atoms with Crippen molar-refractivity contribution in [2.75, 3.05) is 11.3 Å². The molecule has 4 rings (SSSR count). The lowest BCUT2D eigenvalue weighted by molar-refractivity contribution is -0.136. The first-order chi connectivity index (χ1) is 13.9. The molecule has 1 aliphatic heterocycles. The number of amides is 1. The molecule has 154 valence electrons. The third-order valence-electron chi connectivity index (χ3n) is 5.45. The van der Waals surface area contributed by atoms with Crippen molar-refractivity contribution in [2.24, 2.45) is 0 Å². The molecule has 2 aromatic rings. The molecule has 0 unspecified atom stereocenters. The van der Waals surface area contributed by atoms with E-state index >= 15 is 0 Å². The van der Waals surface area contributed by atoms with Gasteiger partial charge in [0.15, 0.2) is 6.61 Å². The van der Waals surface area contributed by atoms with Gasteiger partial charge in [0.2, 0.25) is 0 Å². The van der Waals surface area contributed by atoms with E-state index < -0.39 is 10.0 Å². The number of hydrogen-bond donors (Lipinski definition) is 1. The Kier molecular flexibility index (Phi) is 5.69. The Hall–Kier alpha value is -2.25. The molecule has 2 aliphatic rings. The normalized spacial score (nSPS) is 18.0. The predicted octanol–water partition coefficient (Wildman–Crippen LogP) is 4.19. The second-order valence-corrected chi connectivity index (χ2v) is 9.61. The molecule has 2 aromatic carbocycles. The number of hydrogen-bond acceptors (Lipinski definition) is 4. The zero-order valence-corrected chi connectivity index (χ0v) is 17.5. The van der Waals surface area contributed by atoms with Crippen LogP contribution in [-0.4, -0.2) is 31.9 Å². The van der Waals surface area contributed by atoms with Crippen molar-refractivity contribution in [3.8, 4) is 5.75 Å². The lowest BCUT2D eigenvalue weighted by Gasteiger charge is -2.33. The number of rotatable bonds is 4. The first-order valence-electron chi connectivity index (χ1n) is 9.76. The molecule has 0 radical (unpaired) electrons. The smallest absolute Gasteiger partial charge is 0.261 e. The lowest BCUT2D eigenvalue weighted by atomic mass is 9.94. The van der Waals surface area contributed by atoms with Gasteiger partial charge in [-0.05, 0) is 49.2 Å². The summed E-state index contributed by atoms with van der Waals surface area (Å²) in [7, 11) is -3.77. The molecule has 1 amide bonds. The lowest BCUT2D eigenvalue weighted by Crippen LogP contribution is -2.42. The van der Waals surface area contributed by atoms with Crippen molar-refractivity contribution in [1.82, 2.24) is 4.90 Å². The SMILES string of the molecule is O=C1COc2ccc(NS(=O)(=O)c3cccc(Cl)c3)cc2CN1C1CCCCC1. The van der Waals surface area contributed by atoms with E-state index in [-0.39, 0.29) is 23.5 Å². The van der Waals surface area contributed by atoms with Crippen LogP contribution in [-0.2, 0) is 21.4 Å². The summed E-state index contributed by atoms with van der Waals surface area (Å²) < 4.78 is 33.6. The van der Waals surface area contributed by atoms with Crippen LogP contribution < -0.4 is 9.46 Å². The van der Waals surface area contributed by atoms with E-state index in [1.165, 1.54) is 18.6 Å². The maximum atomic E-state index is 12.7. The van der Waals surface area contributed by atoms with Crippen LogP contribution in [0.5, 0.6) is 5.75 Å². The van der Waals surface area contributed by atoms with E-state index in [0.717, 1.165) is 31.2 Å². The van der Waals surface area contributed by atoms with Crippen LogP contribution >= 0.6 is 11.6 Å². The number of anilines is 1. The van der Waals surface area contributed by atoms with Crippen LogP contribution in [0.1, 0.15) is 37.7 Å². The average Bonchev–Trinajstić information content (AvgIpc) is 2.87. The number of fused-ring (bicyclic) bond motifs is 1. The van der Waals surface area contributed by atoms with Gasteiger partial charge in [-0.2, -0.15) is 0 Å². The molecule has 1 N–H and O–H groups in total. The summed E-state index contributed by atoms with van der Waals surface area (Å²) >= 11 is 5.92. The highest BCUT2D eigenvalue weighted by Gasteiger charge is 2.29. The number of sulfonamides is 1. The molecule has 1 saturated carbocycles. The number of nitrogens with zero attached hydrogens (tertiary/aromatic N) is 1. The molecular weight excluding hydrogens is 412 g/mol. The van der Waals surface area contributed by atoms with E-state index in [9.17, 15) is 13.2 Å². The fourth-order valence-electron chi connectivity index (χ4n) is 3.98. The van der Waals surface area contributed by atoms with Gasteiger partial charge < -0.3 is 9.64 Å². The molecule has 0 spiro atoms. The Morgan fingerprint density at radius 2 is 1.86 bits per heavy atom. The van der Waals surface area contributed by atoms with Crippen molar-refractivity contribution in [3.05, 3.63) is 53.1 Å². The summed E-state index contributed by atoms with van der Waals surface area (Å²) in [6, 6.07) is 11.4. The van der Waals surface area contributed by atoms with Crippen LogP contribution in [0, 0.1) is 0 Å². The Labute approximate surface area is 175 Å². The molecule has 0 bridgehead atoms. The van der Waals surface area contributed by atoms with Crippen LogP contribution in [0.3, 0.4) is 0 Å². The summed E-state index contributed by atoms with van der Waals surface area (Å²) in [5.74, 6) is 0.594. The van der Waals surface area contributed by atoms with E-state index in [0.29, 0.717) is 23.0 Å². The summed E-state index contributed by atoms with van der Waals surface area (Å²) in [4.78, 5) is 14.6. The van der Waals surface area contributed by atoms with Crippen molar-refractivity contribution >= 4 is 33.2 Å². The van der Waals surface area contributed by atoms with Gasteiger partial charge in [0.05, 0.1) is 4.90 Å². The third-order valence-corrected chi connectivity index (χ3v) is 7.06. The van der Waals surface area contributed by atoms with Crippen LogP contribution in [0.4, 0.5) is 5.69 Å². The fraction of sp³-hybridized carbons (Fsp3) is 0.381. The number of benzene rings is 2. The fourth-order valence-corrected chi connectivity index (χ4v) is 5.33. The van der Waals surface area contributed by atoms with Crippen molar-refractivity contribution in [1.29, 1.82) is 0 Å². The molecule has 0 atom stereocenters. The van der Waals surface area contributed by atoms with Crippen LogP contribution in [0.25, 0.3) is 0 Å². The van der Waals surface area contributed by atoms with Gasteiger partial charge in [-0.1, -0.05) is 36.9 Å². The summed E-state index contributed by atoms with van der Waals surface area (Å²) in [5.41, 5.74) is 1.22. The van der Waals surface area contributed by atoms with Crippen molar-refractivity contribution < 1.29 is 17.9 Å². The van der Waals surface area contributed by atoms with Gasteiger partial charge in [0.1, 0.15) is 5.75 Å². The number of carbonyl (C=O) groups is 1. The van der Waals surface area contributed by atoms with Crippen LogP contribution in [0.2, 0.25) is 5.02 Å². The van der Waals surface area contributed by atoms with Gasteiger partial charge in [-0.15, -0.1) is 0 Å². The second kappa shape index (κ2) is 8.24. The highest BCUT2D eigenvalue weighted by atomic mass is 35.5. The topological polar surface area (TPSA) is 75.7 Å². The van der Waals surface area contributed by atoms with E-state index in [2.05, 4.69) is 4.72 Å². The predicted molar refractivity (Wildman–Crippen MR) is 112 cm³/mol. The minimum atomic E-state index is -3.77. The molecule has 6 nitrogen and oxygen atoms in total. The quantitative estimate of drug-likeness (QED) is 0.782. The minimum Gasteiger partial charge on any atom is -0.483 e. The summed E-state index contributed by atoms with van der Waals surface area (Å²) in [6.45, 7) is 0.433. The maximum Gasteiger partial charge on any atom is 0.261 e. The minimum absolute atomic E-state index is 0.0110. The molecule has 29 heavy (non-hydrogen) atoms. The van der Waals surface area contributed by atoms with E-state index in [4.69, 9.17) is 16.3 Å². The molecule has 1 heterocycles. The number of ether oxygens (including phenoxy) is 1. The van der Waals surface area contributed by atoms with Crippen molar-refractivity contribution in [2.45, 2.75) is 49.6 Å². The third kappa shape index (κ3) is 4.51. The zero-order valence-electron chi connectivity index (χ0n) is 15.9. The first-order valence-corrected chi connectivity index (χ1v) is 11.6. The summed E-state index contributed by atoms with van der Waals surface area (Å²) in [6.07, 6.45) is 5.47.